The Morgan fingerprint density at radius 1 is 0.933 bits per heavy atom. The van der Waals surface area contributed by atoms with Crippen molar-refractivity contribution >= 4 is 11.8 Å². The molecule has 160 valence electrons. The molecule has 0 radical (unpaired) electrons. The third kappa shape index (κ3) is 4.83. The van der Waals surface area contributed by atoms with E-state index in [0.717, 1.165) is 25.9 Å². The lowest BCUT2D eigenvalue weighted by Gasteiger charge is -2.35. The van der Waals surface area contributed by atoms with E-state index in [4.69, 9.17) is 9.15 Å². The van der Waals surface area contributed by atoms with Gasteiger partial charge < -0.3 is 19.0 Å². The van der Waals surface area contributed by atoms with E-state index in [-0.39, 0.29) is 35.9 Å². The molecule has 0 aliphatic carbocycles. The van der Waals surface area contributed by atoms with E-state index in [0.29, 0.717) is 37.4 Å². The number of piperidine rings is 2. The second-order valence-corrected chi connectivity index (χ2v) is 7.96. The second-order valence-electron chi connectivity index (χ2n) is 7.96. The van der Waals surface area contributed by atoms with Gasteiger partial charge in [-0.15, -0.1) is 0 Å². The number of amides is 2. The maximum atomic E-state index is 12.9. The fraction of sp³-hybridized carbons (Fsp3) is 0.478. The number of rotatable bonds is 5. The Labute approximate surface area is 175 Å². The van der Waals surface area contributed by atoms with Crippen molar-refractivity contribution in [1.29, 1.82) is 0 Å². The molecule has 0 saturated carbocycles. The Hall–Kier alpha value is -2.83. The lowest BCUT2D eigenvalue weighted by Crippen LogP contribution is -2.45. The van der Waals surface area contributed by atoms with Crippen LogP contribution in [0.5, 0.6) is 5.75 Å². The molecule has 0 atom stereocenters. The van der Waals surface area contributed by atoms with Gasteiger partial charge in [-0.1, -0.05) is 0 Å². The van der Waals surface area contributed by atoms with Crippen LogP contribution in [0.4, 0.5) is 4.39 Å². The summed E-state index contributed by atoms with van der Waals surface area (Å²) in [6.07, 6.45) is 4.78. The molecule has 2 aliphatic rings. The van der Waals surface area contributed by atoms with E-state index in [2.05, 4.69) is 0 Å². The van der Waals surface area contributed by atoms with Crippen LogP contribution in [0.1, 0.15) is 48.4 Å². The Kier molecular flexibility index (Phi) is 6.35. The molecule has 0 spiro atoms. The lowest BCUT2D eigenvalue weighted by molar-refractivity contribution is -0.137. The quantitative estimate of drug-likeness (QED) is 0.745. The molecule has 2 saturated heterocycles. The largest absolute Gasteiger partial charge is 0.486 e. The fourth-order valence-corrected chi connectivity index (χ4v) is 4.11. The molecule has 7 heteroatoms. The minimum absolute atomic E-state index is 0.0171. The molecule has 2 aliphatic heterocycles. The maximum Gasteiger partial charge on any atom is 0.289 e. The normalized spacial score (nSPS) is 17.8. The van der Waals surface area contributed by atoms with Gasteiger partial charge in [-0.05, 0) is 68.5 Å². The van der Waals surface area contributed by atoms with Gasteiger partial charge in [0.15, 0.2) is 5.76 Å². The monoisotopic (exact) mass is 414 g/mol. The first-order valence-electron chi connectivity index (χ1n) is 10.7. The van der Waals surface area contributed by atoms with Crippen LogP contribution in [0, 0.1) is 11.7 Å². The molecule has 1 aromatic carbocycles. The van der Waals surface area contributed by atoms with Crippen molar-refractivity contribution in [1.82, 2.24) is 9.80 Å². The molecule has 2 fully saturated rings. The van der Waals surface area contributed by atoms with E-state index in [1.54, 1.807) is 29.2 Å². The molecular weight excluding hydrogens is 387 g/mol. The van der Waals surface area contributed by atoms with Crippen LogP contribution < -0.4 is 4.74 Å². The summed E-state index contributed by atoms with van der Waals surface area (Å²) >= 11 is 0. The third-order valence-electron chi connectivity index (χ3n) is 5.87. The molecule has 0 bridgehead atoms. The number of hydrogen-bond donors (Lipinski definition) is 0. The summed E-state index contributed by atoms with van der Waals surface area (Å²) in [5.74, 6) is 1.11. The van der Waals surface area contributed by atoms with Gasteiger partial charge in [0.05, 0.1) is 0 Å². The predicted octanol–water partition coefficient (Wildman–Crippen LogP) is 3.86. The Morgan fingerprint density at radius 2 is 1.63 bits per heavy atom. The molecular formula is C23H27FN2O4. The number of hydrogen-bond acceptors (Lipinski definition) is 4. The summed E-state index contributed by atoms with van der Waals surface area (Å²) < 4.78 is 24.1. The summed E-state index contributed by atoms with van der Waals surface area (Å²) in [5, 5.41) is 0. The molecule has 6 nitrogen and oxygen atoms in total. The number of carbonyl (C=O) groups is 2. The Bertz CT molecular complexity index is 866. The number of furan rings is 1. The van der Waals surface area contributed by atoms with Gasteiger partial charge in [-0.3, -0.25) is 9.59 Å². The molecule has 4 rings (SSSR count). The number of nitrogens with zero attached hydrogens (tertiary/aromatic N) is 2. The van der Waals surface area contributed by atoms with Crippen molar-refractivity contribution in [2.45, 2.75) is 38.7 Å². The summed E-state index contributed by atoms with van der Waals surface area (Å²) in [5.41, 5.74) is 0. The molecule has 0 unspecified atom stereocenters. The zero-order chi connectivity index (χ0) is 20.9. The van der Waals surface area contributed by atoms with Gasteiger partial charge in [0.1, 0.15) is 23.9 Å². The van der Waals surface area contributed by atoms with Crippen LogP contribution in [0.2, 0.25) is 0 Å². The van der Waals surface area contributed by atoms with Crippen LogP contribution in [-0.4, -0.2) is 47.8 Å². The smallest absolute Gasteiger partial charge is 0.289 e. The summed E-state index contributed by atoms with van der Waals surface area (Å²) in [6.45, 7) is 3.02. The van der Waals surface area contributed by atoms with Gasteiger partial charge in [-0.2, -0.15) is 0 Å². The van der Waals surface area contributed by atoms with E-state index in [9.17, 15) is 14.0 Å². The second kappa shape index (κ2) is 9.32. The first-order valence-corrected chi connectivity index (χ1v) is 10.7. The van der Waals surface area contributed by atoms with Crippen molar-refractivity contribution in [3.8, 4) is 5.75 Å². The van der Waals surface area contributed by atoms with Crippen molar-refractivity contribution in [2.24, 2.45) is 5.92 Å². The van der Waals surface area contributed by atoms with Gasteiger partial charge in [0, 0.05) is 32.1 Å². The number of likely N-dealkylation sites (tertiary alicyclic amines) is 2. The Morgan fingerprint density at radius 3 is 2.33 bits per heavy atom. The zero-order valence-electron chi connectivity index (χ0n) is 17.0. The van der Waals surface area contributed by atoms with E-state index >= 15 is 0 Å². The van der Waals surface area contributed by atoms with Crippen molar-refractivity contribution in [3.63, 3.8) is 0 Å². The van der Waals surface area contributed by atoms with E-state index in [1.807, 2.05) is 4.90 Å². The summed E-state index contributed by atoms with van der Waals surface area (Å²) in [6, 6.07) is 9.09. The first kappa shape index (κ1) is 20.4. The van der Waals surface area contributed by atoms with Crippen molar-refractivity contribution < 1.29 is 23.1 Å². The summed E-state index contributed by atoms with van der Waals surface area (Å²) in [7, 11) is 0. The molecule has 30 heavy (non-hydrogen) atoms. The highest BCUT2D eigenvalue weighted by Crippen LogP contribution is 2.24. The standard InChI is InChI=1S/C23H27FN2O4/c24-18-4-6-19(7-5-18)29-16-20-8-9-21(30-20)23(28)26-14-10-17(11-15-26)22(27)25-12-2-1-3-13-25/h4-9,17H,1-3,10-16H2. The topological polar surface area (TPSA) is 63.0 Å². The number of benzene rings is 1. The van der Waals surface area contributed by atoms with E-state index in [1.165, 1.54) is 18.6 Å². The molecule has 1 aromatic heterocycles. The van der Waals surface area contributed by atoms with Crippen LogP contribution in [0.25, 0.3) is 0 Å². The maximum absolute atomic E-state index is 12.9. The molecule has 3 heterocycles. The van der Waals surface area contributed by atoms with Gasteiger partial charge in [0.25, 0.3) is 5.91 Å². The van der Waals surface area contributed by atoms with E-state index < -0.39 is 0 Å². The minimum atomic E-state index is -0.324. The van der Waals surface area contributed by atoms with Crippen molar-refractivity contribution in [3.05, 3.63) is 53.7 Å². The fourth-order valence-electron chi connectivity index (χ4n) is 4.11. The highest BCUT2D eigenvalue weighted by Gasteiger charge is 2.31. The summed E-state index contributed by atoms with van der Waals surface area (Å²) in [4.78, 5) is 29.2. The highest BCUT2D eigenvalue weighted by atomic mass is 19.1. The van der Waals surface area contributed by atoms with Crippen LogP contribution in [0.3, 0.4) is 0 Å². The lowest BCUT2D eigenvalue weighted by atomic mass is 9.94. The predicted molar refractivity (Wildman–Crippen MR) is 108 cm³/mol. The highest BCUT2D eigenvalue weighted by molar-refractivity contribution is 5.91. The van der Waals surface area contributed by atoms with Gasteiger partial charge >= 0.3 is 0 Å². The van der Waals surface area contributed by atoms with Crippen molar-refractivity contribution in [2.75, 3.05) is 26.2 Å². The third-order valence-corrected chi connectivity index (χ3v) is 5.87. The average molecular weight is 414 g/mol. The van der Waals surface area contributed by atoms with Crippen LogP contribution >= 0.6 is 0 Å². The molecule has 2 aromatic rings. The molecule has 2 amide bonds. The SMILES string of the molecule is O=C(c1ccc(COc2ccc(F)cc2)o1)N1CCC(C(=O)N2CCCCC2)CC1. The van der Waals surface area contributed by atoms with Gasteiger partial charge in [0.2, 0.25) is 5.91 Å². The minimum Gasteiger partial charge on any atom is -0.486 e. The number of carbonyl (C=O) groups excluding carboxylic acids is 2. The zero-order valence-corrected chi connectivity index (χ0v) is 17.0. The average Bonchev–Trinajstić information content (AvgIpc) is 3.27. The van der Waals surface area contributed by atoms with Gasteiger partial charge in [-0.25, -0.2) is 4.39 Å². The number of halogens is 1. The van der Waals surface area contributed by atoms with Crippen LogP contribution in [0.15, 0.2) is 40.8 Å². The molecule has 0 N–H and O–H groups in total. The first-order chi connectivity index (χ1) is 14.6. The number of ether oxygens (including phenoxy) is 1. The van der Waals surface area contributed by atoms with Crippen LogP contribution in [-0.2, 0) is 11.4 Å². The Balaban J connectivity index is 1.27.